The van der Waals surface area contributed by atoms with Crippen LogP contribution in [0.1, 0.15) is 24.8 Å². The van der Waals surface area contributed by atoms with Crippen LogP contribution in [0.5, 0.6) is 5.75 Å². The van der Waals surface area contributed by atoms with E-state index in [2.05, 4.69) is 22.0 Å². The Morgan fingerprint density at radius 2 is 2.05 bits per heavy atom. The van der Waals surface area contributed by atoms with Gasteiger partial charge in [-0.3, -0.25) is 0 Å². The van der Waals surface area contributed by atoms with Gasteiger partial charge in [-0.1, -0.05) is 24.6 Å². The Morgan fingerprint density at radius 1 is 1.29 bits per heavy atom. The van der Waals surface area contributed by atoms with Gasteiger partial charge in [-0.2, -0.15) is 0 Å². The van der Waals surface area contributed by atoms with Gasteiger partial charge in [0.1, 0.15) is 5.75 Å². The normalized spacial score (nSPS) is 20.5. The Balaban J connectivity index is 1.88. The van der Waals surface area contributed by atoms with E-state index in [1.165, 1.54) is 18.9 Å². The van der Waals surface area contributed by atoms with Crippen LogP contribution in [-0.4, -0.2) is 37.4 Å². The molecule has 0 radical (unpaired) electrons. The highest BCUT2D eigenvalue weighted by atomic mass is 19.4. The first-order valence-electron chi connectivity index (χ1n) is 7.20. The number of nitrogens with one attached hydrogen (secondary N) is 1. The second-order valence-electron chi connectivity index (χ2n) is 5.42. The summed E-state index contributed by atoms with van der Waals surface area (Å²) in [5, 5.41) is 3.24. The second-order valence-corrected chi connectivity index (χ2v) is 5.42. The first-order valence-corrected chi connectivity index (χ1v) is 7.20. The third-order valence-corrected chi connectivity index (χ3v) is 3.82. The summed E-state index contributed by atoms with van der Waals surface area (Å²) in [5.74, 6) is -0.130. The van der Waals surface area contributed by atoms with Gasteiger partial charge in [-0.05, 0) is 32.5 Å². The molecule has 0 spiro atoms. The van der Waals surface area contributed by atoms with Gasteiger partial charge in [0, 0.05) is 24.7 Å². The van der Waals surface area contributed by atoms with Crippen molar-refractivity contribution in [2.75, 3.05) is 20.1 Å². The van der Waals surface area contributed by atoms with E-state index in [-0.39, 0.29) is 5.75 Å². The maximum absolute atomic E-state index is 12.3. The summed E-state index contributed by atoms with van der Waals surface area (Å²) < 4.78 is 41.1. The third-order valence-electron chi connectivity index (χ3n) is 3.82. The zero-order chi connectivity index (χ0) is 15.3. The number of alkyl halides is 3. The van der Waals surface area contributed by atoms with Gasteiger partial charge < -0.3 is 15.0 Å². The fourth-order valence-electron chi connectivity index (χ4n) is 2.65. The number of benzene rings is 1. The number of ether oxygens (including phenoxy) is 1. The number of rotatable bonds is 5. The molecule has 1 aliphatic heterocycles. The topological polar surface area (TPSA) is 24.5 Å². The largest absolute Gasteiger partial charge is 0.573 e. The van der Waals surface area contributed by atoms with Crippen molar-refractivity contribution in [1.82, 2.24) is 10.2 Å². The zero-order valence-electron chi connectivity index (χ0n) is 12.1. The number of para-hydroxylation sites is 1. The van der Waals surface area contributed by atoms with Gasteiger partial charge >= 0.3 is 6.36 Å². The highest BCUT2D eigenvalue weighted by molar-refractivity contribution is 5.33. The number of halogens is 3. The van der Waals surface area contributed by atoms with Crippen LogP contribution in [0.2, 0.25) is 0 Å². The lowest BCUT2D eigenvalue weighted by Crippen LogP contribution is -2.42. The van der Waals surface area contributed by atoms with Crippen molar-refractivity contribution in [2.24, 2.45) is 0 Å². The lowest BCUT2D eigenvalue weighted by atomic mass is 10.0. The molecule has 3 nitrogen and oxygen atoms in total. The summed E-state index contributed by atoms with van der Waals surface area (Å²) in [6, 6.07) is 6.71. The van der Waals surface area contributed by atoms with Crippen LogP contribution in [0.25, 0.3) is 0 Å². The monoisotopic (exact) mass is 302 g/mol. The molecule has 1 N–H and O–H groups in total. The van der Waals surface area contributed by atoms with Crippen molar-refractivity contribution < 1.29 is 17.9 Å². The van der Waals surface area contributed by atoms with Crippen LogP contribution >= 0.6 is 0 Å². The van der Waals surface area contributed by atoms with Gasteiger partial charge in [0.2, 0.25) is 0 Å². The quantitative estimate of drug-likeness (QED) is 0.904. The SMILES string of the molecule is CN1CCCCC1CNCc1ccccc1OC(F)(F)F. The molecule has 1 fully saturated rings. The fourth-order valence-corrected chi connectivity index (χ4v) is 2.65. The van der Waals surface area contributed by atoms with Crippen molar-refractivity contribution in [2.45, 2.75) is 38.2 Å². The molecule has 118 valence electrons. The standard InChI is InChI=1S/C15H21F3N2O/c1-20-9-5-4-7-13(20)11-19-10-12-6-2-3-8-14(12)21-15(16,17)18/h2-3,6,8,13,19H,4-5,7,9-11H2,1H3. The van der Waals surface area contributed by atoms with Crippen molar-refractivity contribution >= 4 is 0 Å². The third kappa shape index (κ3) is 5.21. The van der Waals surface area contributed by atoms with Crippen LogP contribution in [0, 0.1) is 0 Å². The first kappa shape index (κ1) is 16.1. The predicted molar refractivity (Wildman–Crippen MR) is 75.1 cm³/mol. The molecule has 0 saturated carbocycles. The number of likely N-dealkylation sites (N-methyl/N-ethyl adjacent to an activating group) is 1. The van der Waals surface area contributed by atoms with Crippen molar-refractivity contribution in [1.29, 1.82) is 0 Å². The molecule has 2 rings (SSSR count). The summed E-state index contributed by atoms with van der Waals surface area (Å²) in [6.07, 6.45) is -1.09. The van der Waals surface area contributed by atoms with Crippen LogP contribution < -0.4 is 10.1 Å². The number of hydrogen-bond donors (Lipinski definition) is 1. The molecule has 0 amide bonds. The molecule has 1 aliphatic rings. The van der Waals surface area contributed by atoms with Crippen molar-refractivity contribution in [3.8, 4) is 5.75 Å². The highest BCUT2D eigenvalue weighted by Gasteiger charge is 2.31. The molecular weight excluding hydrogens is 281 g/mol. The molecule has 0 aliphatic carbocycles. The summed E-state index contributed by atoms with van der Waals surface area (Å²) in [7, 11) is 2.09. The fraction of sp³-hybridized carbons (Fsp3) is 0.600. The Morgan fingerprint density at radius 3 is 2.76 bits per heavy atom. The highest BCUT2D eigenvalue weighted by Crippen LogP contribution is 2.26. The maximum atomic E-state index is 12.3. The Labute approximate surface area is 123 Å². The van der Waals surface area contributed by atoms with E-state index in [1.807, 2.05) is 0 Å². The van der Waals surface area contributed by atoms with Gasteiger partial charge in [0.05, 0.1) is 0 Å². The minimum Gasteiger partial charge on any atom is -0.405 e. The van der Waals surface area contributed by atoms with Crippen LogP contribution in [-0.2, 0) is 6.54 Å². The van der Waals surface area contributed by atoms with Gasteiger partial charge in [-0.25, -0.2) is 0 Å². The van der Waals surface area contributed by atoms with Crippen LogP contribution in [0.4, 0.5) is 13.2 Å². The molecule has 1 atom stereocenters. The molecule has 1 aromatic carbocycles. The number of likely N-dealkylation sites (tertiary alicyclic amines) is 1. The molecule has 1 saturated heterocycles. The molecular formula is C15H21F3N2O. The van der Waals surface area contributed by atoms with Crippen LogP contribution in [0.3, 0.4) is 0 Å². The molecule has 0 aromatic heterocycles. The van der Waals surface area contributed by atoms with Crippen molar-refractivity contribution in [3.05, 3.63) is 29.8 Å². The van der Waals surface area contributed by atoms with E-state index in [0.717, 1.165) is 19.5 Å². The van der Waals surface area contributed by atoms with Gasteiger partial charge in [0.15, 0.2) is 0 Å². The smallest absolute Gasteiger partial charge is 0.405 e. The van der Waals surface area contributed by atoms with Gasteiger partial charge in [-0.15, -0.1) is 13.2 Å². The summed E-state index contributed by atoms with van der Waals surface area (Å²) in [5.41, 5.74) is 0.522. The average molecular weight is 302 g/mol. The van der Waals surface area contributed by atoms with E-state index >= 15 is 0 Å². The van der Waals surface area contributed by atoms with Crippen LogP contribution in [0.15, 0.2) is 24.3 Å². The lowest BCUT2D eigenvalue weighted by Gasteiger charge is -2.32. The number of piperidine rings is 1. The van der Waals surface area contributed by atoms with E-state index in [9.17, 15) is 13.2 Å². The van der Waals surface area contributed by atoms with Crippen molar-refractivity contribution in [3.63, 3.8) is 0 Å². The molecule has 1 unspecified atom stereocenters. The summed E-state index contributed by atoms with van der Waals surface area (Å²) >= 11 is 0. The predicted octanol–water partition coefficient (Wildman–Crippen LogP) is 3.16. The molecule has 21 heavy (non-hydrogen) atoms. The minimum atomic E-state index is -4.65. The van der Waals surface area contributed by atoms with E-state index < -0.39 is 6.36 Å². The summed E-state index contributed by atoms with van der Waals surface area (Å²) in [6.45, 7) is 2.23. The maximum Gasteiger partial charge on any atom is 0.573 e. The zero-order valence-corrected chi connectivity index (χ0v) is 12.1. The Hall–Kier alpha value is -1.27. The average Bonchev–Trinajstić information content (AvgIpc) is 2.41. The summed E-state index contributed by atoms with van der Waals surface area (Å²) in [4.78, 5) is 2.30. The van der Waals surface area contributed by atoms with E-state index in [0.29, 0.717) is 18.2 Å². The molecule has 0 bridgehead atoms. The Kier molecular flexibility index (Phi) is 5.47. The number of nitrogens with zero attached hydrogens (tertiary/aromatic N) is 1. The minimum absolute atomic E-state index is 0.130. The van der Waals surface area contributed by atoms with E-state index in [1.54, 1.807) is 18.2 Å². The Bertz CT molecular complexity index is 451. The molecule has 1 aromatic rings. The second kappa shape index (κ2) is 7.13. The molecule has 6 heteroatoms. The first-order chi connectivity index (χ1) is 9.96. The van der Waals surface area contributed by atoms with E-state index in [4.69, 9.17) is 0 Å². The number of hydrogen-bond acceptors (Lipinski definition) is 3. The van der Waals surface area contributed by atoms with Gasteiger partial charge in [0.25, 0.3) is 0 Å². The lowest BCUT2D eigenvalue weighted by molar-refractivity contribution is -0.274. The molecule has 1 heterocycles.